The zero-order valence-electron chi connectivity index (χ0n) is 12.0. The maximum atomic E-state index is 9.52. The molecule has 110 valence electrons. The van der Waals surface area contributed by atoms with Gasteiger partial charge in [0.25, 0.3) is 0 Å². The standard InChI is InChI=1S/C6H13N.C6H15O2PS2/c7-6-4-2-1-3-5-6;1-5(2)8-9(7,10)11-6(3)4/h6H,1-5,7H2;5-6H,1-4H3,(H,7,10). The fraction of sp³-hybridized carbons (Fsp3) is 1.00. The summed E-state index contributed by atoms with van der Waals surface area (Å²) in [7, 11) is 0. The Morgan fingerprint density at radius 2 is 1.72 bits per heavy atom. The van der Waals surface area contributed by atoms with Gasteiger partial charge in [0.2, 0.25) is 5.69 Å². The Morgan fingerprint density at radius 3 is 2.00 bits per heavy atom. The van der Waals surface area contributed by atoms with Gasteiger partial charge in [-0.05, 0) is 38.5 Å². The maximum Gasteiger partial charge on any atom is 0.245 e. The van der Waals surface area contributed by atoms with Gasteiger partial charge >= 0.3 is 0 Å². The Hall–Kier alpha value is 0.880. The quantitative estimate of drug-likeness (QED) is 0.767. The topological polar surface area (TPSA) is 55.5 Å². The first kappa shape index (κ1) is 18.9. The highest BCUT2D eigenvalue weighted by Crippen LogP contribution is 2.58. The Kier molecular flexibility index (Phi) is 10.2. The van der Waals surface area contributed by atoms with E-state index in [0.717, 1.165) is 0 Å². The van der Waals surface area contributed by atoms with E-state index in [-0.39, 0.29) is 6.10 Å². The van der Waals surface area contributed by atoms with Gasteiger partial charge in [-0.1, -0.05) is 44.5 Å². The van der Waals surface area contributed by atoms with Crippen molar-refractivity contribution in [3.05, 3.63) is 0 Å². The molecule has 6 heteroatoms. The highest BCUT2D eigenvalue weighted by atomic mass is 32.9. The van der Waals surface area contributed by atoms with E-state index in [4.69, 9.17) is 22.1 Å². The van der Waals surface area contributed by atoms with E-state index in [1.54, 1.807) is 0 Å². The second-order valence-electron chi connectivity index (χ2n) is 5.17. The molecule has 0 aromatic heterocycles. The highest BCUT2D eigenvalue weighted by molar-refractivity contribution is 8.67. The molecule has 1 rings (SSSR count). The van der Waals surface area contributed by atoms with Gasteiger partial charge in [-0.3, -0.25) is 0 Å². The second kappa shape index (κ2) is 9.73. The molecule has 3 N–H and O–H groups in total. The molecule has 0 aromatic rings. The van der Waals surface area contributed by atoms with E-state index in [1.807, 2.05) is 27.7 Å². The van der Waals surface area contributed by atoms with Crippen LogP contribution in [-0.2, 0) is 16.3 Å². The molecule has 0 amide bonds. The molecule has 1 unspecified atom stereocenters. The molecule has 1 atom stereocenters. The van der Waals surface area contributed by atoms with E-state index >= 15 is 0 Å². The Bertz CT molecular complexity index is 242. The number of hydrogen-bond acceptors (Lipinski definition) is 4. The summed E-state index contributed by atoms with van der Waals surface area (Å²) in [5, 5.41) is 0.324. The molecule has 0 aromatic carbocycles. The van der Waals surface area contributed by atoms with Gasteiger partial charge in [-0.15, -0.1) is 0 Å². The first-order valence-corrected chi connectivity index (χ1v) is 10.8. The predicted molar refractivity (Wildman–Crippen MR) is 86.5 cm³/mol. The molecule has 18 heavy (non-hydrogen) atoms. The van der Waals surface area contributed by atoms with Crippen molar-refractivity contribution in [3.63, 3.8) is 0 Å². The van der Waals surface area contributed by atoms with Crippen LogP contribution in [0.15, 0.2) is 0 Å². The fourth-order valence-electron chi connectivity index (χ4n) is 1.69. The van der Waals surface area contributed by atoms with Crippen LogP contribution in [0, 0.1) is 0 Å². The van der Waals surface area contributed by atoms with Crippen molar-refractivity contribution in [2.45, 2.75) is 77.2 Å². The molecule has 1 aliphatic carbocycles. The molecular formula is C12H28NO2PS2. The fourth-order valence-corrected chi connectivity index (χ4v) is 7.14. The molecule has 0 spiro atoms. The lowest BCUT2D eigenvalue weighted by atomic mass is 9.97. The molecule has 0 bridgehead atoms. The SMILES string of the molecule is CC(C)OP(O)(=S)SC(C)C.NC1CCCCC1. The molecular weight excluding hydrogens is 285 g/mol. The van der Waals surface area contributed by atoms with Crippen molar-refractivity contribution in [2.24, 2.45) is 5.73 Å². The summed E-state index contributed by atoms with van der Waals surface area (Å²) < 4.78 is 5.19. The third-order valence-corrected chi connectivity index (χ3v) is 7.07. The summed E-state index contributed by atoms with van der Waals surface area (Å²) in [6.07, 6.45) is 6.67. The summed E-state index contributed by atoms with van der Waals surface area (Å²) >= 11 is 6.25. The van der Waals surface area contributed by atoms with Crippen molar-refractivity contribution < 1.29 is 9.42 Å². The van der Waals surface area contributed by atoms with Gasteiger partial charge in [-0.25, -0.2) is 0 Å². The molecule has 3 nitrogen and oxygen atoms in total. The van der Waals surface area contributed by atoms with Crippen molar-refractivity contribution in [2.75, 3.05) is 0 Å². The van der Waals surface area contributed by atoms with Crippen LogP contribution in [0.4, 0.5) is 0 Å². The largest absolute Gasteiger partial charge is 0.337 e. The minimum Gasteiger partial charge on any atom is -0.337 e. The summed E-state index contributed by atoms with van der Waals surface area (Å²) in [6, 6.07) is 0.536. The minimum absolute atomic E-state index is 0.0112. The van der Waals surface area contributed by atoms with Gasteiger partial charge in [0.05, 0.1) is 6.10 Å². The summed E-state index contributed by atoms with van der Waals surface area (Å²) in [4.78, 5) is 9.52. The van der Waals surface area contributed by atoms with Crippen LogP contribution in [0.3, 0.4) is 0 Å². The Balaban J connectivity index is 0.000000351. The minimum atomic E-state index is -2.55. The smallest absolute Gasteiger partial charge is 0.245 e. The lowest BCUT2D eigenvalue weighted by Crippen LogP contribution is -2.22. The molecule has 0 aliphatic heterocycles. The lowest BCUT2D eigenvalue weighted by Gasteiger charge is -2.18. The van der Waals surface area contributed by atoms with Gasteiger partial charge in [0.15, 0.2) is 0 Å². The van der Waals surface area contributed by atoms with Crippen molar-refractivity contribution in [3.8, 4) is 0 Å². The van der Waals surface area contributed by atoms with Crippen LogP contribution in [0.1, 0.15) is 59.8 Å². The van der Waals surface area contributed by atoms with Crippen molar-refractivity contribution in [1.82, 2.24) is 0 Å². The van der Waals surface area contributed by atoms with Crippen LogP contribution >= 0.6 is 17.1 Å². The number of rotatable bonds is 4. The average Bonchev–Trinajstić information content (AvgIpc) is 2.14. The van der Waals surface area contributed by atoms with E-state index < -0.39 is 5.69 Å². The third-order valence-electron chi connectivity index (χ3n) is 2.34. The molecule has 1 saturated carbocycles. The van der Waals surface area contributed by atoms with Crippen molar-refractivity contribution in [1.29, 1.82) is 0 Å². The van der Waals surface area contributed by atoms with E-state index in [0.29, 0.717) is 11.3 Å². The van der Waals surface area contributed by atoms with Crippen LogP contribution in [0.2, 0.25) is 0 Å². The second-order valence-corrected chi connectivity index (χ2v) is 11.8. The van der Waals surface area contributed by atoms with E-state index in [2.05, 4.69) is 0 Å². The summed E-state index contributed by atoms with van der Waals surface area (Å²) in [5.74, 6) is 0. The van der Waals surface area contributed by atoms with Gasteiger partial charge in [0.1, 0.15) is 0 Å². The van der Waals surface area contributed by atoms with Crippen LogP contribution < -0.4 is 5.73 Å². The lowest BCUT2D eigenvalue weighted by molar-refractivity contribution is 0.248. The summed E-state index contributed by atoms with van der Waals surface area (Å²) in [6.45, 7) is 7.73. The third kappa shape index (κ3) is 11.9. The predicted octanol–water partition coefficient (Wildman–Crippen LogP) is 4.05. The van der Waals surface area contributed by atoms with Crippen LogP contribution in [0.25, 0.3) is 0 Å². The van der Waals surface area contributed by atoms with Crippen molar-refractivity contribution >= 4 is 28.9 Å². The van der Waals surface area contributed by atoms with Crippen LogP contribution in [-0.4, -0.2) is 22.3 Å². The van der Waals surface area contributed by atoms with E-state index in [1.165, 1.54) is 43.5 Å². The highest BCUT2D eigenvalue weighted by Gasteiger charge is 2.17. The average molecular weight is 313 g/mol. The first-order chi connectivity index (χ1) is 8.23. The van der Waals surface area contributed by atoms with Crippen LogP contribution in [0.5, 0.6) is 0 Å². The Labute approximate surface area is 121 Å². The zero-order valence-corrected chi connectivity index (χ0v) is 14.5. The maximum absolute atomic E-state index is 9.52. The first-order valence-electron chi connectivity index (χ1n) is 6.68. The molecule has 0 heterocycles. The number of nitrogens with two attached hydrogens (primary N) is 1. The Morgan fingerprint density at radius 1 is 1.22 bits per heavy atom. The molecule has 1 fully saturated rings. The van der Waals surface area contributed by atoms with E-state index in [9.17, 15) is 4.89 Å². The summed E-state index contributed by atoms with van der Waals surface area (Å²) in [5.41, 5.74) is 3.08. The monoisotopic (exact) mass is 313 g/mol. The van der Waals surface area contributed by atoms with Gasteiger partial charge < -0.3 is 15.2 Å². The molecule has 0 radical (unpaired) electrons. The number of hydrogen-bond donors (Lipinski definition) is 2. The molecule has 1 aliphatic rings. The molecule has 0 saturated heterocycles. The zero-order chi connectivity index (χ0) is 14.2. The normalized spacial score (nSPS) is 20.4. The van der Waals surface area contributed by atoms with Gasteiger partial charge in [0, 0.05) is 11.3 Å². The van der Waals surface area contributed by atoms with Gasteiger partial charge in [-0.2, -0.15) is 0 Å².